The van der Waals surface area contributed by atoms with Crippen LogP contribution in [0.4, 0.5) is 0 Å². The molecule has 0 spiro atoms. The molecule has 1 rings (SSSR count). The van der Waals surface area contributed by atoms with Gasteiger partial charge in [0.25, 0.3) is 0 Å². The summed E-state index contributed by atoms with van der Waals surface area (Å²) in [4.78, 5) is 12.5. The van der Waals surface area contributed by atoms with Gasteiger partial charge in [0.2, 0.25) is 5.91 Å². The van der Waals surface area contributed by atoms with Crippen molar-refractivity contribution in [3.8, 4) is 0 Å². The molecule has 1 aromatic rings. The molecule has 0 aliphatic carbocycles. The van der Waals surface area contributed by atoms with E-state index in [1.165, 1.54) is 0 Å². The van der Waals surface area contributed by atoms with Gasteiger partial charge in [-0.05, 0) is 30.0 Å². The van der Waals surface area contributed by atoms with Gasteiger partial charge in [0.15, 0.2) is 0 Å². The van der Waals surface area contributed by atoms with Crippen molar-refractivity contribution in [1.82, 2.24) is 5.32 Å². The number of hydrogen-bond donors (Lipinski definition) is 2. The Hall–Kier alpha value is -1.10. The predicted molar refractivity (Wildman–Crippen MR) is 84.5 cm³/mol. The molecule has 21 heavy (non-hydrogen) atoms. The van der Waals surface area contributed by atoms with E-state index in [9.17, 15) is 4.79 Å². The summed E-state index contributed by atoms with van der Waals surface area (Å²) in [6.45, 7) is 4.42. The lowest BCUT2D eigenvalue weighted by atomic mass is 9.87. The zero-order chi connectivity index (χ0) is 15.8. The van der Waals surface area contributed by atoms with Crippen molar-refractivity contribution in [3.05, 3.63) is 34.9 Å². The third-order valence-corrected chi connectivity index (χ3v) is 3.62. The van der Waals surface area contributed by atoms with Gasteiger partial charge in [-0.2, -0.15) is 0 Å². The molecular weight excluding hydrogens is 290 g/mol. The van der Waals surface area contributed by atoms with Crippen LogP contribution >= 0.6 is 11.6 Å². The van der Waals surface area contributed by atoms with Crippen molar-refractivity contribution in [2.45, 2.75) is 32.2 Å². The Morgan fingerprint density at radius 3 is 2.43 bits per heavy atom. The van der Waals surface area contributed by atoms with Crippen molar-refractivity contribution in [2.75, 3.05) is 20.3 Å². The van der Waals surface area contributed by atoms with Crippen LogP contribution in [-0.2, 0) is 9.53 Å². The summed E-state index contributed by atoms with van der Waals surface area (Å²) in [7, 11) is 1.58. The standard InChI is InChI=1S/C16H24ClNO3/c1-11(2)15(12-4-6-13(17)7-5-12)16(20)18-14(8-9-19)10-21-3/h4-7,11,14-15,19H,8-10H2,1-3H3,(H,18,20). The molecule has 1 amide bonds. The minimum absolute atomic E-state index is 0.0155. The van der Waals surface area contributed by atoms with Crippen molar-refractivity contribution < 1.29 is 14.6 Å². The largest absolute Gasteiger partial charge is 0.396 e. The highest BCUT2D eigenvalue weighted by molar-refractivity contribution is 6.30. The molecule has 0 bridgehead atoms. The SMILES string of the molecule is COCC(CCO)NC(=O)C(c1ccc(Cl)cc1)C(C)C. The Balaban J connectivity index is 2.84. The van der Waals surface area contributed by atoms with Gasteiger partial charge < -0.3 is 15.2 Å². The van der Waals surface area contributed by atoms with E-state index in [1.54, 1.807) is 19.2 Å². The molecule has 0 saturated carbocycles. The molecule has 2 atom stereocenters. The van der Waals surface area contributed by atoms with E-state index in [0.717, 1.165) is 5.56 Å². The summed E-state index contributed by atoms with van der Waals surface area (Å²) in [6, 6.07) is 7.16. The molecule has 0 aromatic heterocycles. The first-order chi connectivity index (χ1) is 9.99. The van der Waals surface area contributed by atoms with Gasteiger partial charge in [-0.1, -0.05) is 37.6 Å². The van der Waals surface area contributed by atoms with Crippen LogP contribution in [0.3, 0.4) is 0 Å². The fourth-order valence-electron chi connectivity index (χ4n) is 2.35. The first-order valence-corrected chi connectivity index (χ1v) is 7.53. The summed E-state index contributed by atoms with van der Waals surface area (Å²) in [6.07, 6.45) is 0.477. The van der Waals surface area contributed by atoms with Gasteiger partial charge in [0.05, 0.1) is 18.6 Å². The molecule has 2 N–H and O–H groups in total. The number of nitrogens with one attached hydrogen (secondary N) is 1. The number of methoxy groups -OCH3 is 1. The number of hydrogen-bond acceptors (Lipinski definition) is 3. The van der Waals surface area contributed by atoms with Crippen LogP contribution < -0.4 is 5.32 Å². The van der Waals surface area contributed by atoms with Crippen LogP contribution in [0.1, 0.15) is 31.7 Å². The predicted octanol–water partition coefficient (Wildman–Crippen LogP) is 2.59. The molecule has 1 aromatic carbocycles. The Morgan fingerprint density at radius 1 is 1.33 bits per heavy atom. The molecule has 0 fully saturated rings. The van der Waals surface area contributed by atoms with E-state index in [0.29, 0.717) is 18.1 Å². The molecule has 4 nitrogen and oxygen atoms in total. The maximum absolute atomic E-state index is 12.5. The third kappa shape index (κ3) is 5.65. The number of aliphatic hydroxyl groups excluding tert-OH is 1. The average Bonchev–Trinajstić information content (AvgIpc) is 2.41. The highest BCUT2D eigenvalue weighted by Gasteiger charge is 2.26. The second-order valence-electron chi connectivity index (χ2n) is 5.45. The highest BCUT2D eigenvalue weighted by Crippen LogP contribution is 2.26. The van der Waals surface area contributed by atoms with E-state index in [1.807, 2.05) is 26.0 Å². The lowest BCUT2D eigenvalue weighted by Gasteiger charge is -2.24. The number of rotatable bonds is 8. The lowest BCUT2D eigenvalue weighted by Crippen LogP contribution is -2.42. The van der Waals surface area contributed by atoms with Crippen LogP contribution in [0.25, 0.3) is 0 Å². The second-order valence-corrected chi connectivity index (χ2v) is 5.88. The van der Waals surface area contributed by atoms with Crippen LogP contribution in [0.2, 0.25) is 5.02 Å². The summed E-state index contributed by atoms with van der Waals surface area (Å²) < 4.78 is 5.08. The van der Waals surface area contributed by atoms with E-state index < -0.39 is 0 Å². The smallest absolute Gasteiger partial charge is 0.228 e. The minimum atomic E-state index is -0.250. The maximum atomic E-state index is 12.5. The van der Waals surface area contributed by atoms with Gasteiger partial charge in [-0.15, -0.1) is 0 Å². The zero-order valence-corrected chi connectivity index (χ0v) is 13.6. The molecule has 118 valence electrons. The molecule has 5 heteroatoms. The Labute approximate surface area is 131 Å². The van der Waals surface area contributed by atoms with Gasteiger partial charge in [-0.3, -0.25) is 4.79 Å². The van der Waals surface area contributed by atoms with Crippen LogP contribution in [0, 0.1) is 5.92 Å². The number of halogens is 1. The van der Waals surface area contributed by atoms with Crippen LogP contribution in [0.15, 0.2) is 24.3 Å². The van der Waals surface area contributed by atoms with Crippen molar-refractivity contribution in [2.24, 2.45) is 5.92 Å². The number of benzene rings is 1. The van der Waals surface area contributed by atoms with Crippen molar-refractivity contribution in [3.63, 3.8) is 0 Å². The summed E-state index contributed by atoms with van der Waals surface area (Å²) in [5.74, 6) is -0.147. The summed E-state index contributed by atoms with van der Waals surface area (Å²) >= 11 is 5.90. The Morgan fingerprint density at radius 2 is 1.95 bits per heavy atom. The molecular formula is C16H24ClNO3. The van der Waals surface area contributed by atoms with E-state index in [2.05, 4.69) is 5.32 Å². The minimum Gasteiger partial charge on any atom is -0.396 e. The molecule has 0 aliphatic heterocycles. The fourth-order valence-corrected chi connectivity index (χ4v) is 2.48. The van der Waals surface area contributed by atoms with E-state index in [-0.39, 0.29) is 30.4 Å². The van der Waals surface area contributed by atoms with E-state index in [4.69, 9.17) is 21.4 Å². The van der Waals surface area contributed by atoms with Crippen LogP contribution in [0.5, 0.6) is 0 Å². The molecule has 2 unspecified atom stereocenters. The lowest BCUT2D eigenvalue weighted by molar-refractivity contribution is -0.124. The quantitative estimate of drug-likeness (QED) is 0.775. The fraction of sp³-hybridized carbons (Fsp3) is 0.562. The molecule has 0 radical (unpaired) electrons. The molecule has 0 heterocycles. The molecule has 0 saturated heterocycles. The number of carbonyl (C=O) groups is 1. The zero-order valence-electron chi connectivity index (χ0n) is 12.8. The number of amides is 1. The number of carbonyl (C=O) groups excluding carboxylic acids is 1. The topological polar surface area (TPSA) is 58.6 Å². The van der Waals surface area contributed by atoms with Crippen LogP contribution in [-0.4, -0.2) is 37.4 Å². The summed E-state index contributed by atoms with van der Waals surface area (Å²) in [5, 5.41) is 12.7. The maximum Gasteiger partial charge on any atom is 0.228 e. The van der Waals surface area contributed by atoms with Gasteiger partial charge in [0, 0.05) is 18.7 Å². The van der Waals surface area contributed by atoms with Gasteiger partial charge in [0.1, 0.15) is 0 Å². The third-order valence-electron chi connectivity index (χ3n) is 3.37. The van der Waals surface area contributed by atoms with Crippen molar-refractivity contribution in [1.29, 1.82) is 0 Å². The average molecular weight is 314 g/mol. The van der Waals surface area contributed by atoms with E-state index >= 15 is 0 Å². The highest BCUT2D eigenvalue weighted by atomic mass is 35.5. The molecule has 0 aliphatic rings. The second kappa shape index (κ2) is 9.03. The Bertz CT molecular complexity index is 428. The summed E-state index contributed by atoms with van der Waals surface area (Å²) in [5.41, 5.74) is 0.937. The monoisotopic (exact) mass is 313 g/mol. The number of aliphatic hydroxyl groups is 1. The first kappa shape index (κ1) is 18.0. The van der Waals surface area contributed by atoms with Gasteiger partial charge >= 0.3 is 0 Å². The van der Waals surface area contributed by atoms with Gasteiger partial charge in [-0.25, -0.2) is 0 Å². The Kier molecular flexibility index (Phi) is 7.72. The van der Waals surface area contributed by atoms with Crippen molar-refractivity contribution >= 4 is 17.5 Å². The first-order valence-electron chi connectivity index (χ1n) is 7.15. The number of ether oxygens (including phenoxy) is 1. The normalized spacial score (nSPS) is 14.0.